The van der Waals surface area contributed by atoms with E-state index in [0.29, 0.717) is 10.7 Å². The van der Waals surface area contributed by atoms with E-state index in [1.54, 1.807) is 12.1 Å². The molecule has 122 valence electrons. The van der Waals surface area contributed by atoms with Gasteiger partial charge in [-0.3, -0.25) is 15.6 Å². The lowest BCUT2D eigenvalue weighted by Crippen LogP contribution is -2.62. The Labute approximate surface area is 142 Å². The Hall–Kier alpha value is -1.62. The standard InChI is InChI=1S/C18H23N3OS/c22-16(15-4-2-1-3-5-15)20-21-17(23)19-18-9-12-6-13(10-18)8-14(7-12)11-18/h1-5,12-14H,6-11H2,(H,20,22)(H2,19,21,23). The summed E-state index contributed by atoms with van der Waals surface area (Å²) < 4.78 is 0. The Kier molecular flexibility index (Phi) is 3.76. The zero-order valence-electron chi connectivity index (χ0n) is 13.2. The zero-order valence-corrected chi connectivity index (χ0v) is 14.0. The third-order valence-electron chi connectivity index (χ3n) is 5.74. The number of amides is 1. The van der Waals surface area contributed by atoms with E-state index in [9.17, 15) is 4.79 Å². The van der Waals surface area contributed by atoms with Crippen molar-refractivity contribution in [2.75, 3.05) is 0 Å². The third kappa shape index (κ3) is 3.07. The molecule has 1 aromatic rings. The number of hydrogen-bond acceptors (Lipinski definition) is 2. The summed E-state index contributed by atoms with van der Waals surface area (Å²) >= 11 is 5.42. The van der Waals surface area contributed by atoms with Gasteiger partial charge in [0.2, 0.25) is 0 Å². The zero-order chi connectivity index (χ0) is 15.9. The number of hydrogen-bond donors (Lipinski definition) is 3. The summed E-state index contributed by atoms with van der Waals surface area (Å²) in [6, 6.07) is 9.16. The minimum Gasteiger partial charge on any atom is -0.356 e. The monoisotopic (exact) mass is 329 g/mol. The second kappa shape index (κ2) is 5.78. The molecular weight excluding hydrogens is 306 g/mol. The van der Waals surface area contributed by atoms with Crippen LogP contribution in [-0.4, -0.2) is 16.6 Å². The van der Waals surface area contributed by atoms with Crippen LogP contribution in [0.5, 0.6) is 0 Å². The number of thiocarbonyl (C=S) groups is 1. The summed E-state index contributed by atoms with van der Waals surface area (Å²) in [5, 5.41) is 4.08. The lowest BCUT2D eigenvalue weighted by molar-refractivity contribution is -0.0102. The molecule has 0 unspecified atom stereocenters. The smallest absolute Gasteiger partial charge is 0.269 e. The number of carbonyl (C=O) groups excluding carboxylic acids is 1. The molecule has 4 nitrogen and oxygen atoms in total. The number of rotatable bonds is 2. The van der Waals surface area contributed by atoms with Crippen molar-refractivity contribution in [1.82, 2.24) is 16.2 Å². The van der Waals surface area contributed by atoms with Crippen LogP contribution in [0.4, 0.5) is 0 Å². The molecule has 5 heteroatoms. The second-order valence-electron chi connectivity index (χ2n) is 7.60. The van der Waals surface area contributed by atoms with Gasteiger partial charge in [-0.2, -0.15) is 0 Å². The quantitative estimate of drug-likeness (QED) is 0.577. The van der Waals surface area contributed by atoms with Crippen LogP contribution in [0.1, 0.15) is 48.9 Å². The summed E-state index contributed by atoms with van der Waals surface area (Å²) in [5.74, 6) is 2.45. The lowest BCUT2D eigenvalue weighted by Gasteiger charge is -2.57. The number of benzene rings is 1. The highest BCUT2D eigenvalue weighted by Crippen LogP contribution is 2.55. The minimum atomic E-state index is -0.166. The fourth-order valence-corrected chi connectivity index (χ4v) is 5.58. The molecule has 1 amide bonds. The Morgan fingerprint density at radius 1 is 0.957 bits per heavy atom. The SMILES string of the molecule is O=C(NNC(=S)NC12CC3CC(CC(C3)C1)C2)c1ccccc1. The molecule has 0 saturated heterocycles. The van der Waals surface area contributed by atoms with Gasteiger partial charge in [-0.25, -0.2) is 0 Å². The van der Waals surface area contributed by atoms with Gasteiger partial charge in [0.15, 0.2) is 5.11 Å². The van der Waals surface area contributed by atoms with E-state index in [2.05, 4.69) is 16.2 Å². The Morgan fingerprint density at radius 3 is 2.09 bits per heavy atom. The first-order valence-electron chi connectivity index (χ1n) is 8.55. The first kappa shape index (κ1) is 14.9. The van der Waals surface area contributed by atoms with Crippen molar-refractivity contribution in [3.63, 3.8) is 0 Å². The molecule has 5 rings (SSSR count). The largest absolute Gasteiger partial charge is 0.356 e. The fourth-order valence-electron chi connectivity index (χ4n) is 5.31. The van der Waals surface area contributed by atoms with Crippen molar-refractivity contribution >= 4 is 23.2 Å². The van der Waals surface area contributed by atoms with Crippen LogP contribution in [-0.2, 0) is 0 Å². The van der Waals surface area contributed by atoms with Gasteiger partial charge < -0.3 is 5.32 Å². The molecule has 1 aromatic carbocycles. The van der Waals surface area contributed by atoms with Crippen molar-refractivity contribution in [3.8, 4) is 0 Å². The van der Waals surface area contributed by atoms with Gasteiger partial charge in [-0.15, -0.1) is 0 Å². The van der Waals surface area contributed by atoms with E-state index in [1.165, 1.54) is 38.5 Å². The van der Waals surface area contributed by atoms with Crippen molar-refractivity contribution in [2.24, 2.45) is 17.8 Å². The van der Waals surface area contributed by atoms with Crippen LogP contribution < -0.4 is 16.2 Å². The molecule has 0 atom stereocenters. The van der Waals surface area contributed by atoms with E-state index in [1.807, 2.05) is 18.2 Å². The maximum absolute atomic E-state index is 12.1. The van der Waals surface area contributed by atoms with Gasteiger partial charge in [-0.05, 0) is 80.6 Å². The summed E-state index contributed by atoms with van der Waals surface area (Å²) in [6.07, 6.45) is 7.91. The highest BCUT2D eigenvalue weighted by Gasteiger charge is 2.51. The molecule has 4 fully saturated rings. The molecule has 23 heavy (non-hydrogen) atoms. The number of nitrogens with one attached hydrogen (secondary N) is 3. The van der Waals surface area contributed by atoms with E-state index in [4.69, 9.17) is 12.2 Å². The van der Waals surface area contributed by atoms with E-state index >= 15 is 0 Å². The molecular formula is C18H23N3OS. The normalized spacial score (nSPS) is 34.0. The van der Waals surface area contributed by atoms with Crippen LogP contribution in [0.3, 0.4) is 0 Å². The minimum absolute atomic E-state index is 0.163. The van der Waals surface area contributed by atoms with Crippen LogP contribution in [0.25, 0.3) is 0 Å². The van der Waals surface area contributed by atoms with Gasteiger partial charge in [-0.1, -0.05) is 18.2 Å². The topological polar surface area (TPSA) is 53.2 Å². The molecule has 4 bridgehead atoms. The third-order valence-corrected chi connectivity index (χ3v) is 5.95. The van der Waals surface area contributed by atoms with Crippen LogP contribution in [0.15, 0.2) is 30.3 Å². The molecule has 0 radical (unpaired) electrons. The van der Waals surface area contributed by atoms with Crippen molar-refractivity contribution in [2.45, 2.75) is 44.1 Å². The molecule has 4 saturated carbocycles. The maximum atomic E-state index is 12.1. The highest BCUT2D eigenvalue weighted by atomic mass is 32.1. The Balaban J connectivity index is 1.33. The summed E-state index contributed by atoms with van der Waals surface area (Å²) in [5.41, 5.74) is 6.35. The van der Waals surface area contributed by atoms with Gasteiger partial charge in [0.1, 0.15) is 0 Å². The molecule has 4 aliphatic carbocycles. The lowest BCUT2D eigenvalue weighted by atomic mass is 9.53. The molecule has 0 aromatic heterocycles. The van der Waals surface area contributed by atoms with Gasteiger partial charge in [0.05, 0.1) is 0 Å². The maximum Gasteiger partial charge on any atom is 0.269 e. The van der Waals surface area contributed by atoms with Gasteiger partial charge in [0, 0.05) is 11.1 Å². The molecule has 0 heterocycles. The molecule has 0 spiro atoms. The van der Waals surface area contributed by atoms with Crippen molar-refractivity contribution in [3.05, 3.63) is 35.9 Å². The predicted octanol–water partition coefficient (Wildman–Crippen LogP) is 2.76. The predicted molar refractivity (Wildman–Crippen MR) is 93.7 cm³/mol. The average Bonchev–Trinajstić information content (AvgIpc) is 2.51. The van der Waals surface area contributed by atoms with Crippen LogP contribution in [0, 0.1) is 17.8 Å². The highest BCUT2D eigenvalue weighted by molar-refractivity contribution is 7.80. The van der Waals surface area contributed by atoms with Crippen molar-refractivity contribution < 1.29 is 4.79 Å². The first-order chi connectivity index (χ1) is 11.1. The van der Waals surface area contributed by atoms with E-state index in [-0.39, 0.29) is 11.4 Å². The first-order valence-corrected chi connectivity index (χ1v) is 8.96. The number of hydrazine groups is 1. The molecule has 0 aliphatic heterocycles. The Bertz CT molecular complexity index is 581. The van der Waals surface area contributed by atoms with Crippen molar-refractivity contribution in [1.29, 1.82) is 0 Å². The number of carbonyl (C=O) groups is 1. The van der Waals surface area contributed by atoms with E-state index < -0.39 is 0 Å². The second-order valence-corrected chi connectivity index (χ2v) is 8.01. The Morgan fingerprint density at radius 2 is 1.52 bits per heavy atom. The molecule has 4 aliphatic rings. The van der Waals surface area contributed by atoms with Gasteiger partial charge in [0.25, 0.3) is 5.91 Å². The average molecular weight is 329 g/mol. The summed E-state index contributed by atoms with van der Waals surface area (Å²) in [6.45, 7) is 0. The van der Waals surface area contributed by atoms with Crippen LogP contribution >= 0.6 is 12.2 Å². The summed E-state index contributed by atoms with van der Waals surface area (Å²) in [4.78, 5) is 12.1. The van der Waals surface area contributed by atoms with Crippen LogP contribution in [0.2, 0.25) is 0 Å². The fraction of sp³-hybridized carbons (Fsp3) is 0.556. The van der Waals surface area contributed by atoms with Gasteiger partial charge >= 0.3 is 0 Å². The summed E-state index contributed by atoms with van der Waals surface area (Å²) in [7, 11) is 0. The van der Waals surface area contributed by atoms with E-state index in [0.717, 1.165) is 17.8 Å². The molecule has 3 N–H and O–H groups in total.